The van der Waals surface area contributed by atoms with E-state index < -0.39 is 19.6 Å². The van der Waals surface area contributed by atoms with Crippen LogP contribution in [0.3, 0.4) is 0 Å². The summed E-state index contributed by atoms with van der Waals surface area (Å²) in [5.41, 5.74) is 2.02. The first kappa shape index (κ1) is 27.6. The minimum absolute atomic E-state index is 0.241. The number of nitrogens with zero attached hydrogens (tertiary/aromatic N) is 3. The van der Waals surface area contributed by atoms with Crippen molar-refractivity contribution in [3.63, 3.8) is 0 Å². The molecule has 40 heavy (non-hydrogen) atoms. The van der Waals surface area contributed by atoms with Gasteiger partial charge in [-0.25, -0.2) is 4.79 Å². The van der Waals surface area contributed by atoms with E-state index in [1.165, 1.54) is 0 Å². The molecule has 206 valence electrons. The summed E-state index contributed by atoms with van der Waals surface area (Å²) in [6, 6.07) is 20.6. The summed E-state index contributed by atoms with van der Waals surface area (Å²) in [6.07, 6.45) is 1.05. The molecule has 0 spiro atoms. The molecule has 0 amide bonds. The highest BCUT2D eigenvalue weighted by Gasteiger charge is 2.10. The standard InChI is InChI=1S/C27H26N6O7/c1-2-24(36)40-17-39-23-13-7-20(8-14-23)30-27-32-25(28-18-3-9-21(10-4-18)37-15-34)31-26(33-27)29-19-5-11-22(12-6-19)38-16-35/h2-14,34-35H,1,15-17H2,(H3,28,29,30,31,32,33). The zero-order valence-electron chi connectivity index (χ0n) is 21.1. The van der Waals surface area contributed by atoms with Gasteiger partial charge < -0.3 is 45.1 Å². The fourth-order valence-electron chi connectivity index (χ4n) is 3.20. The molecule has 5 N–H and O–H groups in total. The number of carbonyl (C=O) groups excluding carboxylic acids is 1. The molecule has 13 heteroatoms. The molecule has 4 aromatic rings. The van der Waals surface area contributed by atoms with E-state index in [0.29, 0.717) is 34.3 Å². The third-order valence-corrected chi connectivity index (χ3v) is 5.02. The number of ether oxygens (including phenoxy) is 4. The molecule has 0 unspecified atom stereocenters. The Labute approximate surface area is 229 Å². The van der Waals surface area contributed by atoms with Gasteiger partial charge in [0.15, 0.2) is 13.6 Å². The van der Waals surface area contributed by atoms with Crippen molar-refractivity contribution >= 4 is 40.9 Å². The molecule has 3 aromatic carbocycles. The van der Waals surface area contributed by atoms with E-state index in [2.05, 4.69) is 37.5 Å². The van der Waals surface area contributed by atoms with Crippen molar-refractivity contribution in [2.75, 3.05) is 36.3 Å². The lowest BCUT2D eigenvalue weighted by Gasteiger charge is -2.12. The quantitative estimate of drug-likeness (QED) is 0.0879. The van der Waals surface area contributed by atoms with E-state index in [1.807, 2.05) is 0 Å². The molecule has 0 saturated carbocycles. The number of hydrogen-bond acceptors (Lipinski definition) is 13. The van der Waals surface area contributed by atoms with Gasteiger partial charge in [0.2, 0.25) is 24.6 Å². The zero-order chi connectivity index (χ0) is 28.2. The molecular formula is C27H26N6O7. The highest BCUT2D eigenvalue weighted by Crippen LogP contribution is 2.24. The third kappa shape index (κ3) is 8.31. The molecule has 0 radical (unpaired) electrons. The van der Waals surface area contributed by atoms with Crippen molar-refractivity contribution < 1.29 is 34.0 Å². The molecule has 0 bridgehead atoms. The maximum absolute atomic E-state index is 11.1. The van der Waals surface area contributed by atoms with Crippen molar-refractivity contribution in [3.05, 3.63) is 85.5 Å². The number of carbonyl (C=O) groups is 1. The first-order chi connectivity index (χ1) is 19.5. The van der Waals surface area contributed by atoms with Crippen molar-refractivity contribution in [1.29, 1.82) is 0 Å². The van der Waals surface area contributed by atoms with Gasteiger partial charge in [-0.1, -0.05) is 6.58 Å². The molecule has 4 rings (SSSR count). The van der Waals surface area contributed by atoms with Gasteiger partial charge in [0.05, 0.1) is 0 Å². The minimum Gasteiger partial charge on any atom is -0.468 e. The first-order valence-corrected chi connectivity index (χ1v) is 11.8. The summed E-state index contributed by atoms with van der Waals surface area (Å²) < 4.78 is 20.3. The van der Waals surface area contributed by atoms with Crippen molar-refractivity contribution in [2.45, 2.75) is 0 Å². The second-order valence-electron chi connectivity index (χ2n) is 7.73. The van der Waals surface area contributed by atoms with Gasteiger partial charge in [-0.2, -0.15) is 15.0 Å². The normalized spacial score (nSPS) is 10.2. The number of benzene rings is 3. The van der Waals surface area contributed by atoms with Gasteiger partial charge in [0.25, 0.3) is 0 Å². The number of aromatic nitrogens is 3. The largest absolute Gasteiger partial charge is 0.468 e. The fourth-order valence-corrected chi connectivity index (χ4v) is 3.20. The van der Waals surface area contributed by atoms with Crippen LogP contribution in [0.1, 0.15) is 0 Å². The predicted octanol–water partition coefficient (Wildman–Crippen LogP) is 3.83. The molecule has 1 aromatic heterocycles. The molecule has 1 heterocycles. The molecule has 0 fully saturated rings. The predicted molar refractivity (Wildman–Crippen MR) is 146 cm³/mol. The Morgan fingerprint density at radius 1 is 0.650 bits per heavy atom. The molecule has 0 atom stereocenters. The number of aliphatic hydroxyl groups is 2. The van der Waals surface area contributed by atoms with Crippen LogP contribution in [-0.2, 0) is 9.53 Å². The number of aliphatic hydroxyl groups excluding tert-OH is 2. The van der Waals surface area contributed by atoms with Crippen molar-refractivity contribution in [3.8, 4) is 17.2 Å². The molecular weight excluding hydrogens is 520 g/mol. The summed E-state index contributed by atoms with van der Waals surface area (Å²) >= 11 is 0. The Hall–Kier alpha value is -5.40. The maximum atomic E-state index is 11.1. The average molecular weight is 547 g/mol. The molecule has 0 saturated heterocycles. The van der Waals surface area contributed by atoms with E-state index in [-0.39, 0.29) is 24.6 Å². The van der Waals surface area contributed by atoms with Crippen LogP contribution in [0, 0.1) is 0 Å². The van der Waals surface area contributed by atoms with E-state index in [9.17, 15) is 4.79 Å². The van der Waals surface area contributed by atoms with Crippen molar-refractivity contribution in [2.24, 2.45) is 0 Å². The number of hydrogen-bond donors (Lipinski definition) is 5. The van der Waals surface area contributed by atoms with Gasteiger partial charge >= 0.3 is 5.97 Å². The van der Waals surface area contributed by atoms with Crippen LogP contribution < -0.4 is 30.2 Å². The summed E-state index contributed by atoms with van der Waals surface area (Å²) in [5.74, 6) is 1.67. The lowest BCUT2D eigenvalue weighted by Crippen LogP contribution is -2.08. The zero-order valence-corrected chi connectivity index (χ0v) is 21.1. The second-order valence-corrected chi connectivity index (χ2v) is 7.73. The van der Waals surface area contributed by atoms with Gasteiger partial charge in [-0.3, -0.25) is 0 Å². The summed E-state index contributed by atoms with van der Waals surface area (Å²) in [6.45, 7) is 2.24. The highest BCUT2D eigenvalue weighted by atomic mass is 16.7. The number of rotatable bonds is 14. The second kappa shape index (κ2) is 13.9. The smallest absolute Gasteiger partial charge is 0.333 e. The van der Waals surface area contributed by atoms with Crippen LogP contribution in [0.5, 0.6) is 17.2 Å². The summed E-state index contributed by atoms with van der Waals surface area (Å²) in [4.78, 5) is 24.5. The Bertz CT molecular complexity index is 1330. The number of nitrogens with one attached hydrogen (secondary N) is 3. The van der Waals surface area contributed by atoms with Gasteiger partial charge in [0.1, 0.15) is 17.2 Å². The van der Waals surface area contributed by atoms with Crippen LogP contribution in [0.4, 0.5) is 34.9 Å². The van der Waals surface area contributed by atoms with Crippen LogP contribution in [-0.4, -0.2) is 51.5 Å². The lowest BCUT2D eigenvalue weighted by molar-refractivity contribution is -0.144. The van der Waals surface area contributed by atoms with Crippen LogP contribution in [0.25, 0.3) is 0 Å². The molecule has 0 aliphatic heterocycles. The number of anilines is 6. The SMILES string of the molecule is C=CC(=O)OCOc1ccc(Nc2nc(Nc3ccc(OCO)cc3)nc(Nc3ccc(OCO)cc3)n2)cc1. The monoisotopic (exact) mass is 546 g/mol. The Kier molecular flexibility index (Phi) is 9.63. The van der Waals surface area contributed by atoms with Gasteiger partial charge in [-0.15, -0.1) is 0 Å². The third-order valence-electron chi connectivity index (χ3n) is 5.02. The van der Waals surface area contributed by atoms with Crippen molar-refractivity contribution in [1.82, 2.24) is 15.0 Å². The minimum atomic E-state index is -0.578. The maximum Gasteiger partial charge on any atom is 0.333 e. The number of esters is 1. The Morgan fingerprint density at radius 2 is 1.00 bits per heavy atom. The van der Waals surface area contributed by atoms with E-state index in [0.717, 1.165) is 6.08 Å². The fraction of sp³-hybridized carbons (Fsp3) is 0.111. The van der Waals surface area contributed by atoms with Crippen LogP contribution >= 0.6 is 0 Å². The Morgan fingerprint density at radius 3 is 1.32 bits per heavy atom. The van der Waals surface area contributed by atoms with Gasteiger partial charge in [-0.05, 0) is 72.8 Å². The lowest BCUT2D eigenvalue weighted by atomic mass is 10.3. The summed E-state index contributed by atoms with van der Waals surface area (Å²) in [7, 11) is 0. The summed E-state index contributed by atoms with van der Waals surface area (Å²) in [5, 5.41) is 27.2. The van der Waals surface area contributed by atoms with E-state index in [4.69, 9.17) is 29.2 Å². The van der Waals surface area contributed by atoms with E-state index >= 15 is 0 Å². The van der Waals surface area contributed by atoms with Crippen LogP contribution in [0.2, 0.25) is 0 Å². The van der Waals surface area contributed by atoms with E-state index in [1.54, 1.807) is 72.8 Å². The topological polar surface area (TPSA) is 169 Å². The highest BCUT2D eigenvalue weighted by molar-refractivity contribution is 5.81. The van der Waals surface area contributed by atoms with Gasteiger partial charge in [0, 0.05) is 23.1 Å². The molecule has 0 aliphatic carbocycles. The first-order valence-electron chi connectivity index (χ1n) is 11.8. The average Bonchev–Trinajstić information content (AvgIpc) is 2.96. The molecule has 13 nitrogen and oxygen atoms in total. The van der Waals surface area contributed by atoms with Crippen LogP contribution in [0.15, 0.2) is 85.5 Å². The molecule has 0 aliphatic rings. The Balaban J connectivity index is 1.51.